The molecule has 0 bridgehead atoms. The number of carbonyl (C=O) groups is 3. The maximum absolute atomic E-state index is 13.5. The van der Waals surface area contributed by atoms with E-state index >= 15 is 0 Å². The van der Waals surface area contributed by atoms with Gasteiger partial charge in [0, 0.05) is 24.3 Å². The Bertz CT molecular complexity index is 1150. The lowest BCUT2D eigenvalue weighted by Crippen LogP contribution is -2.53. The van der Waals surface area contributed by atoms with E-state index < -0.39 is 28.1 Å². The van der Waals surface area contributed by atoms with E-state index in [2.05, 4.69) is 10.3 Å². The quantitative estimate of drug-likeness (QED) is 0.585. The van der Waals surface area contributed by atoms with Crippen molar-refractivity contribution in [3.05, 3.63) is 52.5 Å². The Morgan fingerprint density at radius 2 is 2.09 bits per heavy atom. The van der Waals surface area contributed by atoms with Gasteiger partial charge in [-0.15, -0.1) is 0 Å². The average molecular weight is 505 g/mol. The lowest BCUT2D eigenvalue weighted by atomic mass is 10.0. The van der Waals surface area contributed by atoms with Crippen LogP contribution < -0.4 is 5.32 Å². The maximum Gasteiger partial charge on any atom is 0.252 e. The van der Waals surface area contributed by atoms with E-state index in [0.29, 0.717) is 24.0 Å². The van der Waals surface area contributed by atoms with Crippen LogP contribution in [0.4, 0.5) is 0 Å². The number of sulfonamides is 1. The van der Waals surface area contributed by atoms with Gasteiger partial charge >= 0.3 is 0 Å². The van der Waals surface area contributed by atoms with Gasteiger partial charge in [-0.25, -0.2) is 8.42 Å². The number of pyridine rings is 1. The number of carbonyl (C=O) groups excluding carboxylic acids is 3. The first-order chi connectivity index (χ1) is 16.2. The Labute approximate surface area is 203 Å². The van der Waals surface area contributed by atoms with E-state index in [9.17, 15) is 22.8 Å². The molecular weight excluding hydrogens is 476 g/mol. The smallest absolute Gasteiger partial charge is 0.252 e. The number of thiophene rings is 1. The summed E-state index contributed by atoms with van der Waals surface area (Å²) in [6.07, 6.45) is 3.85. The first kappa shape index (κ1) is 24.5. The SMILES string of the molecule is CC(C)CC(NC(=O)c1ccsc1)C(=O)N1CCC2C1C(=O)CN2S(=O)(=O)Cc1cccnc1. The highest BCUT2D eigenvalue weighted by atomic mass is 32.2. The molecule has 34 heavy (non-hydrogen) atoms. The average Bonchev–Trinajstić information content (AvgIpc) is 3.52. The van der Waals surface area contributed by atoms with E-state index in [-0.39, 0.29) is 42.4 Å². The van der Waals surface area contributed by atoms with Crippen LogP contribution in [0.2, 0.25) is 0 Å². The summed E-state index contributed by atoms with van der Waals surface area (Å²) in [5.74, 6) is -1.10. The topological polar surface area (TPSA) is 117 Å². The molecule has 4 heterocycles. The predicted octanol–water partition coefficient (Wildman–Crippen LogP) is 1.67. The van der Waals surface area contributed by atoms with Crippen LogP contribution in [-0.4, -0.2) is 71.4 Å². The zero-order valence-electron chi connectivity index (χ0n) is 19.1. The molecule has 0 spiro atoms. The van der Waals surface area contributed by atoms with Gasteiger partial charge in [0.2, 0.25) is 15.9 Å². The first-order valence-corrected chi connectivity index (χ1v) is 13.8. The van der Waals surface area contributed by atoms with Crippen molar-refractivity contribution in [2.45, 2.75) is 50.6 Å². The van der Waals surface area contributed by atoms with Crippen molar-refractivity contribution in [2.24, 2.45) is 5.92 Å². The highest BCUT2D eigenvalue weighted by Crippen LogP contribution is 2.33. The Kier molecular flexibility index (Phi) is 7.15. The van der Waals surface area contributed by atoms with Crippen molar-refractivity contribution in [3.63, 3.8) is 0 Å². The van der Waals surface area contributed by atoms with Crippen LogP contribution in [0, 0.1) is 5.92 Å². The second-order valence-electron chi connectivity index (χ2n) is 9.13. The maximum atomic E-state index is 13.5. The molecule has 4 rings (SSSR count). The van der Waals surface area contributed by atoms with Gasteiger partial charge in [-0.3, -0.25) is 19.4 Å². The number of nitrogens with zero attached hydrogens (tertiary/aromatic N) is 3. The fourth-order valence-electron chi connectivity index (χ4n) is 4.69. The summed E-state index contributed by atoms with van der Waals surface area (Å²) in [4.78, 5) is 44.5. The third kappa shape index (κ3) is 5.06. The standard InChI is InChI=1S/C23H28N4O5S2/c1-15(2)10-18(25-22(29)17-6-9-33-13-17)23(30)26-8-5-19-21(26)20(28)12-27(19)34(31,32)14-16-4-3-7-24-11-16/h3-4,6-7,9,11,13,15,18-19,21H,5,8,10,12,14H2,1-2H3,(H,25,29). The Balaban J connectivity index is 1.51. The fourth-order valence-corrected chi connectivity index (χ4v) is 7.04. The Morgan fingerprint density at radius 1 is 1.29 bits per heavy atom. The highest BCUT2D eigenvalue weighted by molar-refractivity contribution is 7.88. The first-order valence-electron chi connectivity index (χ1n) is 11.2. The van der Waals surface area contributed by atoms with Gasteiger partial charge in [0.05, 0.1) is 23.9 Å². The lowest BCUT2D eigenvalue weighted by Gasteiger charge is -2.29. The lowest BCUT2D eigenvalue weighted by molar-refractivity contribution is -0.138. The minimum atomic E-state index is -3.77. The zero-order chi connectivity index (χ0) is 24.5. The number of fused-ring (bicyclic) bond motifs is 1. The third-order valence-electron chi connectivity index (χ3n) is 6.18. The van der Waals surface area contributed by atoms with Crippen LogP contribution in [0.5, 0.6) is 0 Å². The van der Waals surface area contributed by atoms with Crippen LogP contribution in [0.25, 0.3) is 0 Å². The van der Waals surface area contributed by atoms with Crippen molar-refractivity contribution in [3.8, 4) is 0 Å². The highest BCUT2D eigenvalue weighted by Gasteiger charge is 2.54. The molecule has 3 unspecified atom stereocenters. The second-order valence-corrected chi connectivity index (χ2v) is 11.8. The predicted molar refractivity (Wildman–Crippen MR) is 128 cm³/mol. The monoisotopic (exact) mass is 504 g/mol. The number of hydrogen-bond acceptors (Lipinski definition) is 7. The van der Waals surface area contributed by atoms with Crippen LogP contribution in [0.15, 0.2) is 41.4 Å². The van der Waals surface area contributed by atoms with Crippen LogP contribution in [0.1, 0.15) is 42.6 Å². The molecule has 2 aromatic rings. The molecule has 0 saturated carbocycles. The number of likely N-dealkylation sites (tertiary alicyclic amines) is 1. The van der Waals surface area contributed by atoms with Gasteiger partial charge in [0.15, 0.2) is 5.78 Å². The number of rotatable bonds is 8. The molecule has 2 aliphatic rings. The van der Waals surface area contributed by atoms with Crippen molar-refractivity contribution >= 4 is 39.0 Å². The Hall–Kier alpha value is -2.63. The minimum Gasteiger partial charge on any atom is -0.340 e. The Morgan fingerprint density at radius 3 is 2.74 bits per heavy atom. The van der Waals surface area contributed by atoms with E-state index in [0.717, 1.165) is 0 Å². The van der Waals surface area contributed by atoms with Crippen molar-refractivity contribution in [1.82, 2.24) is 19.5 Å². The summed E-state index contributed by atoms with van der Waals surface area (Å²) in [6.45, 7) is 3.92. The van der Waals surface area contributed by atoms with Crippen molar-refractivity contribution in [1.29, 1.82) is 0 Å². The molecular formula is C23H28N4O5S2. The molecule has 0 aromatic carbocycles. The van der Waals surface area contributed by atoms with E-state index in [1.807, 2.05) is 13.8 Å². The summed E-state index contributed by atoms with van der Waals surface area (Å²) in [5.41, 5.74) is 1.02. The molecule has 182 valence electrons. The normalized spacial score (nSPS) is 21.6. The molecule has 3 atom stereocenters. The molecule has 9 nitrogen and oxygen atoms in total. The van der Waals surface area contributed by atoms with Crippen LogP contribution >= 0.6 is 11.3 Å². The largest absolute Gasteiger partial charge is 0.340 e. The number of nitrogens with one attached hydrogen (secondary N) is 1. The molecule has 1 N–H and O–H groups in total. The van der Waals surface area contributed by atoms with E-state index in [1.165, 1.54) is 26.7 Å². The van der Waals surface area contributed by atoms with Gasteiger partial charge in [-0.2, -0.15) is 15.6 Å². The number of Topliss-reactive ketones (excluding diaryl/α,β-unsaturated/α-hetero) is 1. The minimum absolute atomic E-state index is 0.130. The van der Waals surface area contributed by atoms with Gasteiger partial charge in [0.1, 0.15) is 12.1 Å². The van der Waals surface area contributed by atoms with Crippen molar-refractivity contribution in [2.75, 3.05) is 13.1 Å². The van der Waals surface area contributed by atoms with Gasteiger partial charge in [-0.05, 0) is 41.8 Å². The number of hydrogen-bond donors (Lipinski definition) is 1. The molecule has 2 saturated heterocycles. The van der Waals surface area contributed by atoms with Gasteiger partial charge < -0.3 is 10.2 Å². The van der Waals surface area contributed by atoms with Crippen LogP contribution in [0.3, 0.4) is 0 Å². The second kappa shape index (κ2) is 9.93. The molecule has 0 radical (unpaired) electrons. The summed E-state index contributed by atoms with van der Waals surface area (Å²) < 4.78 is 27.5. The number of ketones is 1. The molecule has 0 aliphatic carbocycles. The molecule has 2 fully saturated rings. The summed E-state index contributed by atoms with van der Waals surface area (Å²) in [6, 6.07) is 2.82. The van der Waals surface area contributed by atoms with Crippen LogP contribution in [-0.2, 0) is 25.4 Å². The molecule has 2 amide bonds. The summed E-state index contributed by atoms with van der Waals surface area (Å²) >= 11 is 1.39. The molecule has 2 aliphatic heterocycles. The zero-order valence-corrected chi connectivity index (χ0v) is 20.7. The fraction of sp³-hybridized carbons (Fsp3) is 0.478. The molecule has 11 heteroatoms. The van der Waals surface area contributed by atoms with Gasteiger partial charge in [0.25, 0.3) is 5.91 Å². The third-order valence-corrected chi connectivity index (χ3v) is 8.68. The number of amides is 2. The number of aromatic nitrogens is 1. The van der Waals surface area contributed by atoms with E-state index in [4.69, 9.17) is 0 Å². The van der Waals surface area contributed by atoms with Gasteiger partial charge in [-0.1, -0.05) is 19.9 Å². The summed E-state index contributed by atoms with van der Waals surface area (Å²) in [7, 11) is -3.77. The van der Waals surface area contributed by atoms with Crippen molar-refractivity contribution < 1.29 is 22.8 Å². The van der Waals surface area contributed by atoms with E-state index in [1.54, 1.807) is 35.2 Å². The summed E-state index contributed by atoms with van der Waals surface area (Å²) in [5, 5.41) is 6.32. The molecule has 2 aromatic heterocycles.